The number of carboxylic acid groups (broad SMARTS) is 1. The van der Waals surface area contributed by atoms with E-state index < -0.39 is 18.5 Å². The first-order valence-electron chi connectivity index (χ1n) is 12.8. The quantitative estimate of drug-likeness (QED) is 0.307. The van der Waals surface area contributed by atoms with E-state index in [2.05, 4.69) is 14.7 Å². The zero-order valence-electron chi connectivity index (χ0n) is 23.9. The van der Waals surface area contributed by atoms with Crippen molar-refractivity contribution in [1.82, 2.24) is 9.97 Å². The summed E-state index contributed by atoms with van der Waals surface area (Å²) in [6.07, 6.45) is -7.65. The van der Waals surface area contributed by atoms with Gasteiger partial charge in [-0.1, -0.05) is 19.1 Å². The summed E-state index contributed by atoms with van der Waals surface area (Å²) >= 11 is 0. The Balaban J connectivity index is 0.000000676. The average Bonchev–Trinajstić information content (AvgIpc) is 2.95. The van der Waals surface area contributed by atoms with Crippen LogP contribution in [0.25, 0.3) is 0 Å². The third-order valence-corrected chi connectivity index (χ3v) is 6.32. The molecule has 4 rings (SSSR count). The monoisotopic (exact) mass is 630 g/mol. The standard InChI is InChI=1S/C26H27F3N4O4.C2HF3O2/c1-5-21(17-6-9-19(10-7-17)37-26(27,28)29)32-15-23(34)33(25-24(32)30-13-16(2)31-25)14-18-8-11-20(35-3)12-22(18)36-4;3-2(4,5)1(6)7/h6-13,21H,5,14-15H2,1-4H3;(H,6,7). The van der Waals surface area contributed by atoms with E-state index >= 15 is 0 Å². The van der Waals surface area contributed by atoms with Crippen LogP contribution in [-0.2, 0) is 16.1 Å². The van der Waals surface area contributed by atoms with Crippen LogP contribution in [0.1, 0.15) is 36.2 Å². The number of nitrogens with zero attached hydrogens (tertiary/aromatic N) is 4. The van der Waals surface area contributed by atoms with E-state index in [1.54, 1.807) is 56.5 Å². The third-order valence-electron chi connectivity index (χ3n) is 6.32. The summed E-state index contributed by atoms with van der Waals surface area (Å²) in [6.45, 7) is 3.96. The minimum absolute atomic E-state index is 0.0164. The number of aliphatic carboxylic acids is 1. The number of carbonyl (C=O) groups excluding carboxylic acids is 1. The van der Waals surface area contributed by atoms with Gasteiger partial charge in [0, 0.05) is 11.6 Å². The normalized spacial score (nSPS) is 13.8. The van der Waals surface area contributed by atoms with Crippen LogP contribution in [0.4, 0.5) is 38.0 Å². The van der Waals surface area contributed by atoms with Crippen molar-refractivity contribution in [3.63, 3.8) is 0 Å². The predicted molar refractivity (Wildman–Crippen MR) is 145 cm³/mol. The molecule has 2 aromatic carbocycles. The van der Waals surface area contributed by atoms with Crippen molar-refractivity contribution in [3.8, 4) is 17.2 Å². The van der Waals surface area contributed by atoms with Crippen LogP contribution in [0.15, 0.2) is 48.7 Å². The number of fused-ring (bicyclic) bond motifs is 1. The molecule has 1 aromatic heterocycles. The second kappa shape index (κ2) is 13.7. The van der Waals surface area contributed by atoms with Gasteiger partial charge >= 0.3 is 18.5 Å². The lowest BCUT2D eigenvalue weighted by atomic mass is 10.0. The molecule has 0 radical (unpaired) electrons. The Morgan fingerprint density at radius 2 is 1.61 bits per heavy atom. The van der Waals surface area contributed by atoms with Crippen molar-refractivity contribution in [2.45, 2.75) is 45.4 Å². The molecule has 238 valence electrons. The van der Waals surface area contributed by atoms with Crippen LogP contribution in [0.2, 0.25) is 0 Å². The summed E-state index contributed by atoms with van der Waals surface area (Å²) in [5.74, 6) is -1.14. The van der Waals surface area contributed by atoms with Crippen LogP contribution in [0, 0.1) is 6.92 Å². The van der Waals surface area contributed by atoms with E-state index in [0.29, 0.717) is 35.2 Å². The highest BCUT2D eigenvalue weighted by Gasteiger charge is 2.38. The number of halogens is 6. The van der Waals surface area contributed by atoms with Crippen LogP contribution in [0.5, 0.6) is 17.2 Å². The van der Waals surface area contributed by atoms with Gasteiger partial charge in [-0.05, 0) is 43.2 Å². The molecule has 16 heteroatoms. The molecule has 1 aliphatic rings. The number of aromatic nitrogens is 2. The molecule has 1 amide bonds. The maximum atomic E-state index is 13.5. The summed E-state index contributed by atoms with van der Waals surface area (Å²) in [7, 11) is 3.11. The fourth-order valence-electron chi connectivity index (χ4n) is 4.37. The molecule has 0 aliphatic carbocycles. The summed E-state index contributed by atoms with van der Waals surface area (Å²) < 4.78 is 84.2. The van der Waals surface area contributed by atoms with E-state index in [1.807, 2.05) is 17.9 Å². The van der Waals surface area contributed by atoms with Gasteiger partial charge in [-0.15, -0.1) is 13.2 Å². The topological polar surface area (TPSA) is 114 Å². The highest BCUT2D eigenvalue weighted by molar-refractivity contribution is 6.01. The third kappa shape index (κ3) is 8.41. The second-order valence-corrected chi connectivity index (χ2v) is 9.29. The van der Waals surface area contributed by atoms with Crippen LogP contribution >= 0.6 is 0 Å². The highest BCUT2D eigenvalue weighted by atomic mass is 19.4. The lowest BCUT2D eigenvalue weighted by molar-refractivity contribution is -0.274. The SMILES string of the molecule is CCC(c1ccc(OC(F)(F)F)cc1)N1CC(=O)N(Cc2ccc(OC)cc2OC)c2nc(C)cnc21.O=C(O)C(F)(F)F. The maximum absolute atomic E-state index is 13.5. The second-order valence-electron chi connectivity index (χ2n) is 9.29. The Bertz CT molecular complexity index is 1470. The average molecular weight is 631 g/mol. The first-order valence-corrected chi connectivity index (χ1v) is 12.8. The van der Waals surface area contributed by atoms with E-state index in [4.69, 9.17) is 19.4 Å². The summed E-state index contributed by atoms with van der Waals surface area (Å²) in [4.78, 5) is 35.0. The number of hydrogen-bond donors (Lipinski definition) is 1. The molecule has 1 N–H and O–H groups in total. The first-order chi connectivity index (χ1) is 20.6. The summed E-state index contributed by atoms with van der Waals surface area (Å²) in [6, 6.07) is 10.7. The fraction of sp³-hybridized carbons (Fsp3) is 0.357. The first kappa shape index (κ1) is 33.7. The Hall–Kier alpha value is -4.76. The molecular weight excluding hydrogens is 602 g/mol. The largest absolute Gasteiger partial charge is 0.573 e. The smallest absolute Gasteiger partial charge is 0.497 e. The van der Waals surface area contributed by atoms with Crippen molar-refractivity contribution in [2.24, 2.45) is 0 Å². The van der Waals surface area contributed by atoms with Gasteiger partial charge in [-0.3, -0.25) is 9.69 Å². The molecule has 0 fully saturated rings. The molecule has 1 unspecified atom stereocenters. The van der Waals surface area contributed by atoms with Gasteiger partial charge in [0.2, 0.25) is 5.91 Å². The number of benzene rings is 2. The summed E-state index contributed by atoms with van der Waals surface area (Å²) in [5, 5.41) is 7.12. The van der Waals surface area contributed by atoms with Gasteiger partial charge in [-0.25, -0.2) is 14.8 Å². The molecule has 1 atom stereocenters. The van der Waals surface area contributed by atoms with Gasteiger partial charge < -0.3 is 24.2 Å². The van der Waals surface area contributed by atoms with E-state index in [9.17, 15) is 31.1 Å². The van der Waals surface area contributed by atoms with Gasteiger partial charge in [0.1, 0.15) is 17.2 Å². The van der Waals surface area contributed by atoms with Gasteiger partial charge in [-0.2, -0.15) is 13.2 Å². The number of methoxy groups -OCH3 is 2. The van der Waals surface area contributed by atoms with Crippen molar-refractivity contribution in [3.05, 3.63) is 65.5 Å². The molecule has 0 saturated heterocycles. The zero-order chi connectivity index (χ0) is 32.8. The fourth-order valence-corrected chi connectivity index (χ4v) is 4.37. The number of anilines is 2. The van der Waals surface area contributed by atoms with Crippen molar-refractivity contribution in [2.75, 3.05) is 30.6 Å². The Morgan fingerprint density at radius 3 is 2.14 bits per heavy atom. The van der Waals surface area contributed by atoms with E-state index in [-0.39, 0.29) is 30.8 Å². The van der Waals surface area contributed by atoms with Crippen molar-refractivity contribution in [1.29, 1.82) is 0 Å². The number of carbonyl (C=O) groups is 2. The van der Waals surface area contributed by atoms with Crippen LogP contribution < -0.4 is 24.0 Å². The molecule has 10 nitrogen and oxygen atoms in total. The predicted octanol–water partition coefficient (Wildman–Crippen LogP) is 5.84. The molecule has 0 spiro atoms. The Labute approximate surface area is 247 Å². The minimum atomic E-state index is -5.08. The molecule has 3 aromatic rings. The molecule has 2 heterocycles. The number of aryl methyl sites for hydroxylation is 1. The number of ether oxygens (including phenoxy) is 3. The van der Waals surface area contributed by atoms with Gasteiger partial charge in [0.25, 0.3) is 0 Å². The lowest BCUT2D eigenvalue weighted by Gasteiger charge is -2.40. The number of rotatable bonds is 8. The zero-order valence-corrected chi connectivity index (χ0v) is 23.9. The molecule has 0 bridgehead atoms. The Kier molecular flexibility index (Phi) is 10.5. The van der Waals surface area contributed by atoms with E-state index in [0.717, 1.165) is 11.1 Å². The van der Waals surface area contributed by atoms with Gasteiger partial charge in [0.05, 0.1) is 45.2 Å². The molecular formula is C28H28F6N4O6. The number of carboxylic acids is 1. The maximum Gasteiger partial charge on any atom is 0.573 e. The number of hydrogen-bond acceptors (Lipinski definition) is 8. The van der Waals surface area contributed by atoms with Crippen LogP contribution in [0.3, 0.4) is 0 Å². The number of alkyl halides is 6. The highest BCUT2D eigenvalue weighted by Crippen LogP contribution is 2.39. The van der Waals surface area contributed by atoms with E-state index in [1.165, 1.54) is 12.1 Å². The number of amides is 1. The molecule has 1 aliphatic heterocycles. The lowest BCUT2D eigenvalue weighted by Crippen LogP contribution is -2.47. The Morgan fingerprint density at radius 1 is 1.00 bits per heavy atom. The molecule has 0 saturated carbocycles. The summed E-state index contributed by atoms with van der Waals surface area (Å²) in [5.41, 5.74) is 2.14. The van der Waals surface area contributed by atoms with Crippen LogP contribution in [-0.4, -0.2) is 60.3 Å². The molecule has 44 heavy (non-hydrogen) atoms. The minimum Gasteiger partial charge on any atom is -0.497 e. The van der Waals surface area contributed by atoms with Crippen molar-refractivity contribution >= 4 is 23.5 Å². The van der Waals surface area contributed by atoms with Gasteiger partial charge in [0.15, 0.2) is 11.6 Å². The van der Waals surface area contributed by atoms with Crippen molar-refractivity contribution < 1.29 is 55.2 Å².